The Balaban J connectivity index is 1.79. The number of hydrogen-bond acceptors (Lipinski definition) is 4. The molecular weight excluding hydrogens is 372 g/mol. The van der Waals surface area contributed by atoms with Crippen molar-refractivity contribution in [1.29, 1.82) is 0 Å². The van der Waals surface area contributed by atoms with Crippen LogP contribution in [0.25, 0.3) is 21.7 Å². The number of aliphatic carboxylic acids is 1. The maximum Gasteiger partial charge on any atom is 0.322 e. The lowest BCUT2D eigenvalue weighted by molar-refractivity contribution is -0.137. The van der Waals surface area contributed by atoms with E-state index in [-0.39, 0.29) is 12.3 Å². The molecule has 0 saturated carbocycles. The van der Waals surface area contributed by atoms with Crippen LogP contribution in [0, 0.1) is 0 Å². The van der Waals surface area contributed by atoms with Gasteiger partial charge in [-0.3, -0.25) is 9.59 Å². The van der Waals surface area contributed by atoms with Crippen LogP contribution in [-0.2, 0) is 16.0 Å². The molecule has 2 N–H and O–H groups in total. The highest BCUT2D eigenvalue weighted by atomic mass is 35.5. The predicted octanol–water partition coefficient (Wildman–Crippen LogP) is 3.87. The first-order chi connectivity index (χ1) is 12.5. The molecule has 0 bridgehead atoms. The first-order valence-corrected chi connectivity index (χ1v) is 9.07. The molecular formula is C19H15ClN2O3S. The van der Waals surface area contributed by atoms with Gasteiger partial charge in [-0.05, 0) is 17.7 Å². The fraction of sp³-hybridized carbons (Fsp3) is 0.105. The number of carbonyl (C=O) groups excluding carboxylic acids is 1. The van der Waals surface area contributed by atoms with E-state index in [4.69, 9.17) is 16.7 Å². The monoisotopic (exact) mass is 386 g/mol. The Hall–Kier alpha value is -2.70. The number of aromatic nitrogens is 1. The smallest absolute Gasteiger partial charge is 0.322 e. The van der Waals surface area contributed by atoms with Gasteiger partial charge >= 0.3 is 5.97 Å². The number of rotatable bonds is 6. The lowest BCUT2D eigenvalue weighted by Crippen LogP contribution is -2.30. The summed E-state index contributed by atoms with van der Waals surface area (Å²) in [6, 6.07) is 15.5. The summed E-state index contributed by atoms with van der Waals surface area (Å²) >= 11 is 7.76. The Labute approximate surface area is 159 Å². The van der Waals surface area contributed by atoms with E-state index in [9.17, 15) is 9.59 Å². The van der Waals surface area contributed by atoms with Crippen LogP contribution in [0.1, 0.15) is 5.69 Å². The number of hydrogen-bond donors (Lipinski definition) is 2. The predicted molar refractivity (Wildman–Crippen MR) is 102 cm³/mol. The van der Waals surface area contributed by atoms with Gasteiger partial charge in [0.05, 0.1) is 12.1 Å². The number of halogens is 1. The molecule has 1 heterocycles. The van der Waals surface area contributed by atoms with Gasteiger partial charge in [0, 0.05) is 21.5 Å². The molecule has 1 amide bonds. The average molecular weight is 387 g/mol. The molecule has 132 valence electrons. The van der Waals surface area contributed by atoms with Crippen LogP contribution in [-0.4, -0.2) is 28.5 Å². The highest BCUT2D eigenvalue weighted by Gasteiger charge is 2.12. The Morgan fingerprint density at radius 2 is 1.88 bits per heavy atom. The minimum absolute atomic E-state index is 0.0446. The summed E-state index contributed by atoms with van der Waals surface area (Å²) in [5.74, 6) is -1.45. The fourth-order valence-corrected chi connectivity index (χ4v) is 3.46. The molecule has 0 aliphatic carbocycles. The van der Waals surface area contributed by atoms with Crippen LogP contribution in [0.2, 0.25) is 5.02 Å². The van der Waals surface area contributed by atoms with E-state index in [2.05, 4.69) is 10.3 Å². The fourth-order valence-electron chi connectivity index (χ4n) is 2.42. The van der Waals surface area contributed by atoms with Gasteiger partial charge in [0.2, 0.25) is 5.91 Å². The quantitative estimate of drug-likeness (QED) is 0.673. The molecule has 2 aromatic carbocycles. The molecule has 0 spiro atoms. The van der Waals surface area contributed by atoms with E-state index in [1.807, 2.05) is 48.5 Å². The van der Waals surface area contributed by atoms with Crippen molar-refractivity contribution in [3.05, 3.63) is 64.6 Å². The molecule has 0 unspecified atom stereocenters. The average Bonchev–Trinajstić information content (AvgIpc) is 3.09. The minimum Gasteiger partial charge on any atom is -0.480 e. The maximum atomic E-state index is 11.7. The zero-order valence-electron chi connectivity index (χ0n) is 13.6. The Morgan fingerprint density at radius 1 is 1.12 bits per heavy atom. The normalized spacial score (nSPS) is 10.5. The van der Waals surface area contributed by atoms with Crippen LogP contribution >= 0.6 is 22.9 Å². The van der Waals surface area contributed by atoms with E-state index in [1.54, 1.807) is 5.38 Å². The van der Waals surface area contributed by atoms with Crippen molar-refractivity contribution in [2.45, 2.75) is 6.42 Å². The first kappa shape index (κ1) is 18.1. The van der Waals surface area contributed by atoms with Gasteiger partial charge in [-0.25, -0.2) is 4.98 Å². The highest BCUT2D eigenvalue weighted by molar-refractivity contribution is 7.13. The summed E-state index contributed by atoms with van der Waals surface area (Å²) in [4.78, 5) is 26.7. The third-order valence-corrected chi connectivity index (χ3v) is 4.90. The number of nitrogens with one attached hydrogen (secondary N) is 1. The minimum atomic E-state index is -1.08. The lowest BCUT2D eigenvalue weighted by Gasteiger charge is -2.06. The number of nitrogens with zero attached hydrogens (tertiary/aromatic N) is 1. The molecule has 7 heteroatoms. The second-order valence-corrected chi connectivity index (χ2v) is 6.82. The number of amides is 1. The molecule has 3 rings (SSSR count). The highest BCUT2D eigenvalue weighted by Crippen LogP contribution is 2.33. The second kappa shape index (κ2) is 8.12. The van der Waals surface area contributed by atoms with Crippen molar-refractivity contribution in [3.63, 3.8) is 0 Å². The van der Waals surface area contributed by atoms with Gasteiger partial charge in [-0.2, -0.15) is 0 Å². The number of benzene rings is 2. The number of carbonyl (C=O) groups is 2. The van der Waals surface area contributed by atoms with Crippen LogP contribution in [0.3, 0.4) is 0 Å². The molecule has 0 aliphatic heterocycles. The first-order valence-electron chi connectivity index (χ1n) is 7.81. The van der Waals surface area contributed by atoms with Gasteiger partial charge in [0.1, 0.15) is 11.6 Å². The van der Waals surface area contributed by atoms with E-state index in [0.717, 1.165) is 21.7 Å². The van der Waals surface area contributed by atoms with Crippen LogP contribution in [0.4, 0.5) is 0 Å². The standard InChI is InChI=1S/C19H15ClN2O3S/c20-16-7-6-13(8-15(16)12-4-2-1-3-5-12)19-22-14(11-26-19)9-17(23)21-10-18(24)25/h1-8,11H,9-10H2,(H,21,23)(H,24,25). The van der Waals surface area contributed by atoms with Gasteiger partial charge < -0.3 is 10.4 Å². The van der Waals surface area contributed by atoms with Gasteiger partial charge in [-0.15, -0.1) is 11.3 Å². The van der Waals surface area contributed by atoms with E-state index < -0.39 is 12.5 Å². The van der Waals surface area contributed by atoms with Crippen molar-refractivity contribution in [1.82, 2.24) is 10.3 Å². The molecule has 5 nitrogen and oxygen atoms in total. The second-order valence-electron chi connectivity index (χ2n) is 5.55. The number of thiazole rings is 1. The summed E-state index contributed by atoms with van der Waals surface area (Å²) in [5, 5.41) is 14.1. The topological polar surface area (TPSA) is 79.3 Å². The molecule has 3 aromatic rings. The number of carboxylic acid groups (broad SMARTS) is 1. The third-order valence-electron chi connectivity index (χ3n) is 3.63. The maximum absolute atomic E-state index is 11.7. The summed E-state index contributed by atoms with van der Waals surface area (Å²) in [7, 11) is 0. The Morgan fingerprint density at radius 3 is 2.62 bits per heavy atom. The molecule has 0 fully saturated rings. The zero-order chi connectivity index (χ0) is 18.5. The van der Waals surface area contributed by atoms with Gasteiger partial charge in [-0.1, -0.05) is 48.0 Å². The largest absolute Gasteiger partial charge is 0.480 e. The third kappa shape index (κ3) is 4.47. The van der Waals surface area contributed by atoms with E-state index >= 15 is 0 Å². The van der Waals surface area contributed by atoms with Crippen LogP contribution in [0.15, 0.2) is 53.9 Å². The lowest BCUT2D eigenvalue weighted by atomic mass is 10.0. The van der Waals surface area contributed by atoms with Crippen molar-refractivity contribution in [2.75, 3.05) is 6.54 Å². The van der Waals surface area contributed by atoms with Crippen molar-refractivity contribution >= 4 is 34.8 Å². The molecule has 26 heavy (non-hydrogen) atoms. The molecule has 0 atom stereocenters. The molecule has 0 aliphatic rings. The van der Waals surface area contributed by atoms with E-state index in [0.29, 0.717) is 10.7 Å². The Kier molecular flexibility index (Phi) is 5.65. The molecule has 0 radical (unpaired) electrons. The van der Waals surface area contributed by atoms with Crippen molar-refractivity contribution in [2.24, 2.45) is 0 Å². The van der Waals surface area contributed by atoms with E-state index in [1.165, 1.54) is 11.3 Å². The summed E-state index contributed by atoms with van der Waals surface area (Å²) in [6.07, 6.45) is 0.0446. The molecule has 1 aromatic heterocycles. The summed E-state index contributed by atoms with van der Waals surface area (Å²) < 4.78 is 0. The van der Waals surface area contributed by atoms with Crippen LogP contribution < -0.4 is 5.32 Å². The van der Waals surface area contributed by atoms with Gasteiger partial charge in [0.15, 0.2) is 0 Å². The van der Waals surface area contributed by atoms with Crippen LogP contribution in [0.5, 0.6) is 0 Å². The van der Waals surface area contributed by atoms with Crippen molar-refractivity contribution < 1.29 is 14.7 Å². The number of carboxylic acids is 1. The Bertz CT molecular complexity index is 941. The van der Waals surface area contributed by atoms with Crippen molar-refractivity contribution in [3.8, 4) is 21.7 Å². The molecule has 0 saturated heterocycles. The summed E-state index contributed by atoms with van der Waals surface area (Å²) in [5.41, 5.74) is 3.45. The van der Waals surface area contributed by atoms with Gasteiger partial charge in [0.25, 0.3) is 0 Å². The SMILES string of the molecule is O=C(O)CNC(=O)Cc1csc(-c2ccc(Cl)c(-c3ccccc3)c2)n1. The summed E-state index contributed by atoms with van der Waals surface area (Å²) in [6.45, 7) is -0.395. The zero-order valence-corrected chi connectivity index (χ0v) is 15.2.